The van der Waals surface area contributed by atoms with Gasteiger partial charge in [-0.25, -0.2) is 0 Å². The number of benzene rings is 1. The molecule has 128 valence electrons. The molecule has 0 spiro atoms. The number of aromatic nitrogens is 3. The molecule has 0 aliphatic heterocycles. The molecule has 0 aliphatic rings. The normalized spacial score (nSPS) is 11.7. The van der Waals surface area contributed by atoms with E-state index in [0.717, 1.165) is 5.56 Å². The van der Waals surface area contributed by atoms with Gasteiger partial charge in [-0.3, -0.25) is 4.79 Å². The monoisotopic (exact) mass is 356 g/mol. The molecule has 0 atom stereocenters. The van der Waals surface area contributed by atoms with Crippen LogP contribution < -0.4 is 5.43 Å². The van der Waals surface area contributed by atoms with E-state index in [2.05, 4.69) is 10.1 Å². The van der Waals surface area contributed by atoms with Crippen molar-refractivity contribution < 1.29 is 4.52 Å². The zero-order valence-corrected chi connectivity index (χ0v) is 15.2. The van der Waals surface area contributed by atoms with Gasteiger partial charge in [0, 0.05) is 17.0 Å². The molecule has 0 saturated heterocycles. The third kappa shape index (κ3) is 3.15. The van der Waals surface area contributed by atoms with Gasteiger partial charge in [-0.1, -0.05) is 37.5 Å². The SMILES string of the molecule is Cc1cc(Cl)c2c(c1)c(=O)c(C#N)cn2Cc1noc(C(C)(C)C)n1. The van der Waals surface area contributed by atoms with Crippen LogP contribution in [-0.4, -0.2) is 14.7 Å². The highest BCUT2D eigenvalue weighted by atomic mass is 35.5. The minimum Gasteiger partial charge on any atom is -0.339 e. The van der Waals surface area contributed by atoms with Gasteiger partial charge in [0.25, 0.3) is 0 Å². The molecule has 3 aromatic rings. The summed E-state index contributed by atoms with van der Waals surface area (Å²) < 4.78 is 7.03. The molecule has 1 aromatic carbocycles. The highest BCUT2D eigenvalue weighted by Gasteiger charge is 2.22. The number of fused-ring (bicyclic) bond motifs is 1. The maximum atomic E-state index is 12.5. The molecule has 0 fully saturated rings. The van der Waals surface area contributed by atoms with Crippen LogP contribution in [0.15, 0.2) is 27.6 Å². The van der Waals surface area contributed by atoms with Crippen molar-refractivity contribution >= 4 is 22.5 Å². The molecule has 0 N–H and O–H groups in total. The summed E-state index contributed by atoms with van der Waals surface area (Å²) in [5.41, 5.74) is 0.865. The predicted octanol–water partition coefficient (Wildman–Crippen LogP) is 3.56. The van der Waals surface area contributed by atoms with Gasteiger partial charge in [-0.15, -0.1) is 0 Å². The predicted molar refractivity (Wildman–Crippen MR) is 94.8 cm³/mol. The molecule has 6 nitrogen and oxygen atoms in total. The van der Waals surface area contributed by atoms with Gasteiger partial charge < -0.3 is 9.09 Å². The molecule has 0 saturated carbocycles. The molecule has 25 heavy (non-hydrogen) atoms. The van der Waals surface area contributed by atoms with Gasteiger partial charge in [-0.05, 0) is 24.6 Å². The van der Waals surface area contributed by atoms with Crippen molar-refractivity contribution in [3.63, 3.8) is 0 Å². The summed E-state index contributed by atoms with van der Waals surface area (Å²) >= 11 is 6.37. The lowest BCUT2D eigenvalue weighted by Gasteiger charge is -2.12. The Kier molecular flexibility index (Phi) is 4.13. The number of hydrogen-bond donors (Lipinski definition) is 0. The van der Waals surface area contributed by atoms with E-state index in [1.807, 2.05) is 33.8 Å². The van der Waals surface area contributed by atoms with Crippen LogP contribution in [0, 0.1) is 18.3 Å². The Morgan fingerprint density at radius 2 is 2.08 bits per heavy atom. The van der Waals surface area contributed by atoms with Gasteiger partial charge in [0.1, 0.15) is 11.6 Å². The average Bonchev–Trinajstić information content (AvgIpc) is 2.98. The first-order valence-corrected chi connectivity index (χ1v) is 8.15. The highest BCUT2D eigenvalue weighted by Crippen LogP contribution is 2.25. The summed E-state index contributed by atoms with van der Waals surface area (Å²) in [6.45, 7) is 8.03. The van der Waals surface area contributed by atoms with Gasteiger partial charge >= 0.3 is 0 Å². The summed E-state index contributed by atoms with van der Waals surface area (Å²) in [4.78, 5) is 16.9. The van der Waals surface area contributed by atoms with E-state index in [1.165, 1.54) is 6.20 Å². The first-order chi connectivity index (χ1) is 11.7. The molecule has 0 amide bonds. The second-order valence-electron chi connectivity index (χ2n) is 7.02. The Hall–Kier alpha value is -2.65. The molecule has 0 radical (unpaired) electrons. The van der Waals surface area contributed by atoms with Gasteiger partial charge in [0.2, 0.25) is 11.3 Å². The third-order valence-electron chi connectivity index (χ3n) is 3.81. The molecular weight excluding hydrogens is 340 g/mol. The highest BCUT2D eigenvalue weighted by molar-refractivity contribution is 6.35. The van der Waals surface area contributed by atoms with Crippen molar-refractivity contribution in [2.75, 3.05) is 0 Å². The minimum atomic E-state index is -0.331. The fourth-order valence-electron chi connectivity index (χ4n) is 2.60. The standard InChI is InChI=1S/C18H17ClN4O2/c1-10-5-12-15(13(19)6-10)23(8-11(7-20)16(12)24)9-14-21-17(25-22-14)18(2,3)4/h5-6,8H,9H2,1-4H3. The van der Waals surface area contributed by atoms with Crippen LogP contribution in [-0.2, 0) is 12.0 Å². The van der Waals surface area contributed by atoms with Crippen molar-refractivity contribution in [2.45, 2.75) is 39.7 Å². The zero-order chi connectivity index (χ0) is 18.4. The van der Waals surface area contributed by atoms with E-state index < -0.39 is 0 Å². The second-order valence-corrected chi connectivity index (χ2v) is 7.43. The number of nitrogens with zero attached hydrogens (tertiary/aromatic N) is 4. The Morgan fingerprint density at radius 3 is 2.68 bits per heavy atom. The summed E-state index contributed by atoms with van der Waals surface area (Å²) in [7, 11) is 0. The fourth-order valence-corrected chi connectivity index (χ4v) is 2.99. The van der Waals surface area contributed by atoms with Crippen molar-refractivity contribution in [3.05, 3.63) is 56.4 Å². The maximum Gasteiger partial charge on any atom is 0.232 e. The average molecular weight is 357 g/mol. The van der Waals surface area contributed by atoms with Crippen LogP contribution in [0.3, 0.4) is 0 Å². The Labute approximate surface area is 149 Å². The number of hydrogen-bond acceptors (Lipinski definition) is 5. The van der Waals surface area contributed by atoms with Crippen molar-refractivity contribution in [1.29, 1.82) is 5.26 Å². The number of rotatable bonds is 2. The lowest BCUT2D eigenvalue weighted by molar-refractivity contribution is 0.318. The maximum absolute atomic E-state index is 12.5. The molecule has 0 unspecified atom stereocenters. The smallest absolute Gasteiger partial charge is 0.232 e. The number of aryl methyl sites for hydroxylation is 1. The molecule has 3 rings (SSSR count). The van der Waals surface area contributed by atoms with Gasteiger partial charge in [-0.2, -0.15) is 10.2 Å². The topological polar surface area (TPSA) is 84.7 Å². The molecule has 0 aliphatic carbocycles. The van der Waals surface area contributed by atoms with Crippen molar-refractivity contribution in [3.8, 4) is 6.07 Å². The number of halogens is 1. The van der Waals surface area contributed by atoms with E-state index in [0.29, 0.717) is 27.6 Å². The number of pyridine rings is 1. The summed E-state index contributed by atoms with van der Waals surface area (Å²) in [6.07, 6.45) is 1.49. The molecule has 7 heteroatoms. The Morgan fingerprint density at radius 1 is 1.36 bits per heavy atom. The lowest BCUT2D eigenvalue weighted by atomic mass is 9.97. The summed E-state index contributed by atoms with van der Waals surface area (Å²) in [6, 6.07) is 5.46. The first-order valence-electron chi connectivity index (χ1n) is 7.77. The second kappa shape index (κ2) is 6.01. The molecule has 2 heterocycles. The van der Waals surface area contributed by atoms with Crippen molar-refractivity contribution in [1.82, 2.24) is 14.7 Å². The van der Waals surface area contributed by atoms with Crippen LogP contribution in [0.1, 0.15) is 43.6 Å². The van der Waals surface area contributed by atoms with Crippen LogP contribution in [0.4, 0.5) is 0 Å². The van der Waals surface area contributed by atoms with Crippen molar-refractivity contribution in [2.24, 2.45) is 0 Å². The van der Waals surface area contributed by atoms with Crippen LogP contribution >= 0.6 is 11.6 Å². The zero-order valence-electron chi connectivity index (χ0n) is 14.4. The van der Waals surface area contributed by atoms with E-state index in [4.69, 9.17) is 16.1 Å². The van der Waals surface area contributed by atoms with Crippen LogP contribution in [0.5, 0.6) is 0 Å². The molecular formula is C18H17ClN4O2. The van der Waals surface area contributed by atoms with Crippen LogP contribution in [0.25, 0.3) is 10.9 Å². The van der Waals surface area contributed by atoms with Gasteiger partial charge in [0.05, 0.1) is 17.1 Å². The van der Waals surface area contributed by atoms with E-state index in [-0.39, 0.29) is 23.0 Å². The molecule has 2 aromatic heterocycles. The number of nitriles is 1. The minimum absolute atomic E-state index is 0.0497. The van der Waals surface area contributed by atoms with Gasteiger partial charge in [0.15, 0.2) is 5.82 Å². The first kappa shape index (κ1) is 17.2. The summed E-state index contributed by atoms with van der Waals surface area (Å²) in [5, 5.41) is 14.1. The fraction of sp³-hybridized carbons (Fsp3) is 0.333. The molecule has 0 bridgehead atoms. The van der Waals surface area contributed by atoms with E-state index in [9.17, 15) is 10.1 Å². The summed E-state index contributed by atoms with van der Waals surface area (Å²) in [5.74, 6) is 0.978. The third-order valence-corrected chi connectivity index (χ3v) is 4.10. The van der Waals surface area contributed by atoms with Crippen LogP contribution in [0.2, 0.25) is 5.02 Å². The Bertz CT molecular complexity index is 1070. The van der Waals surface area contributed by atoms with E-state index in [1.54, 1.807) is 16.7 Å². The van der Waals surface area contributed by atoms with E-state index >= 15 is 0 Å². The largest absolute Gasteiger partial charge is 0.339 e. The lowest BCUT2D eigenvalue weighted by Crippen LogP contribution is -2.15. The Balaban J connectivity index is 2.19. The quantitative estimate of drug-likeness (QED) is 0.700.